The Labute approximate surface area is 179 Å². The van der Waals surface area contributed by atoms with Gasteiger partial charge in [-0.25, -0.2) is 4.39 Å². The van der Waals surface area contributed by atoms with Crippen molar-refractivity contribution < 1.29 is 13.9 Å². The molecule has 0 bridgehead atoms. The second-order valence-electron chi connectivity index (χ2n) is 7.94. The van der Waals surface area contributed by atoms with Gasteiger partial charge in [-0.2, -0.15) is 0 Å². The van der Waals surface area contributed by atoms with Gasteiger partial charge in [-0.1, -0.05) is 30.3 Å². The van der Waals surface area contributed by atoms with Crippen molar-refractivity contribution in [1.29, 1.82) is 0 Å². The number of amides is 1. The standard InChI is InChI=1S/C24H32FN3O2/c1-26-13-5-14-27(17-16-26)19-24(29)28(15-12-20-8-10-22(25)11-9-20)18-21-6-3-4-7-23(21)30-2/h3-4,6-11H,5,12-19H2,1-2H3. The molecule has 30 heavy (non-hydrogen) atoms. The molecule has 6 heteroatoms. The minimum atomic E-state index is -0.244. The van der Waals surface area contributed by atoms with Crippen molar-refractivity contribution in [3.8, 4) is 5.75 Å². The number of hydrogen-bond donors (Lipinski definition) is 0. The molecule has 0 atom stereocenters. The minimum Gasteiger partial charge on any atom is -0.496 e. The smallest absolute Gasteiger partial charge is 0.237 e. The molecule has 0 N–H and O–H groups in total. The molecule has 2 aromatic carbocycles. The average Bonchev–Trinajstić information content (AvgIpc) is 2.96. The number of para-hydroxylation sites is 1. The first-order chi connectivity index (χ1) is 14.5. The highest BCUT2D eigenvalue weighted by atomic mass is 19.1. The zero-order chi connectivity index (χ0) is 21.3. The van der Waals surface area contributed by atoms with Gasteiger partial charge >= 0.3 is 0 Å². The summed E-state index contributed by atoms with van der Waals surface area (Å²) in [7, 11) is 3.78. The Bertz CT molecular complexity index is 812. The van der Waals surface area contributed by atoms with Crippen LogP contribution in [0.15, 0.2) is 48.5 Å². The number of carbonyl (C=O) groups is 1. The van der Waals surface area contributed by atoms with Crippen LogP contribution in [0.2, 0.25) is 0 Å². The van der Waals surface area contributed by atoms with Gasteiger partial charge in [-0.3, -0.25) is 9.69 Å². The molecule has 0 saturated carbocycles. The Morgan fingerprint density at radius 3 is 2.60 bits per heavy atom. The average molecular weight is 414 g/mol. The van der Waals surface area contributed by atoms with Crippen LogP contribution in [0.4, 0.5) is 4.39 Å². The maximum atomic E-state index is 13.3. The summed E-state index contributed by atoms with van der Waals surface area (Å²) in [5.74, 6) is 0.660. The van der Waals surface area contributed by atoms with Crippen LogP contribution in [0.1, 0.15) is 17.5 Å². The monoisotopic (exact) mass is 413 g/mol. The van der Waals surface area contributed by atoms with Gasteiger partial charge in [0, 0.05) is 31.7 Å². The van der Waals surface area contributed by atoms with Crippen LogP contribution in [0.3, 0.4) is 0 Å². The Morgan fingerprint density at radius 1 is 1.07 bits per heavy atom. The number of rotatable bonds is 8. The van der Waals surface area contributed by atoms with E-state index in [0.717, 1.165) is 49.5 Å². The summed E-state index contributed by atoms with van der Waals surface area (Å²) >= 11 is 0. The third-order valence-corrected chi connectivity index (χ3v) is 5.66. The minimum absolute atomic E-state index is 0.118. The molecular formula is C24H32FN3O2. The first-order valence-electron chi connectivity index (χ1n) is 10.6. The molecule has 2 aromatic rings. The molecular weight excluding hydrogens is 381 g/mol. The molecule has 0 aliphatic carbocycles. The number of carbonyl (C=O) groups excluding carboxylic acids is 1. The first-order valence-corrected chi connectivity index (χ1v) is 10.6. The first kappa shape index (κ1) is 22.2. The number of hydrogen-bond acceptors (Lipinski definition) is 4. The molecule has 5 nitrogen and oxygen atoms in total. The summed E-state index contributed by atoms with van der Waals surface area (Å²) in [4.78, 5) is 19.7. The highest BCUT2D eigenvalue weighted by molar-refractivity contribution is 5.78. The van der Waals surface area contributed by atoms with E-state index in [0.29, 0.717) is 26.1 Å². The van der Waals surface area contributed by atoms with Gasteiger partial charge in [-0.05, 0) is 56.7 Å². The highest BCUT2D eigenvalue weighted by Gasteiger charge is 2.20. The molecule has 1 fully saturated rings. The predicted octanol–water partition coefficient (Wildman–Crippen LogP) is 3.04. The van der Waals surface area contributed by atoms with Crippen molar-refractivity contribution >= 4 is 5.91 Å². The van der Waals surface area contributed by atoms with Gasteiger partial charge in [-0.15, -0.1) is 0 Å². The largest absolute Gasteiger partial charge is 0.496 e. The lowest BCUT2D eigenvalue weighted by Gasteiger charge is -2.27. The van der Waals surface area contributed by atoms with Crippen molar-refractivity contribution in [2.45, 2.75) is 19.4 Å². The molecule has 1 aliphatic rings. The molecule has 0 unspecified atom stereocenters. The van der Waals surface area contributed by atoms with Crippen LogP contribution in [0, 0.1) is 5.82 Å². The molecule has 0 radical (unpaired) electrons. The number of benzene rings is 2. The highest BCUT2D eigenvalue weighted by Crippen LogP contribution is 2.20. The topological polar surface area (TPSA) is 36.0 Å². The Balaban J connectivity index is 1.70. The fraction of sp³-hybridized carbons (Fsp3) is 0.458. The van der Waals surface area contributed by atoms with Crippen molar-refractivity contribution in [2.75, 3.05) is 53.4 Å². The maximum absolute atomic E-state index is 13.3. The molecule has 0 aromatic heterocycles. The van der Waals surface area contributed by atoms with E-state index in [-0.39, 0.29) is 11.7 Å². The summed E-state index contributed by atoms with van der Waals surface area (Å²) in [6.07, 6.45) is 1.76. The van der Waals surface area contributed by atoms with Gasteiger partial charge in [0.1, 0.15) is 11.6 Å². The summed E-state index contributed by atoms with van der Waals surface area (Å²) < 4.78 is 18.7. The fourth-order valence-electron chi connectivity index (χ4n) is 3.80. The zero-order valence-corrected chi connectivity index (χ0v) is 18.0. The summed E-state index contributed by atoms with van der Waals surface area (Å²) in [6, 6.07) is 14.3. The van der Waals surface area contributed by atoms with Gasteiger partial charge < -0.3 is 14.5 Å². The summed E-state index contributed by atoms with van der Waals surface area (Å²) in [6.45, 7) is 5.40. The van der Waals surface area contributed by atoms with Gasteiger partial charge in [0.05, 0.1) is 13.7 Å². The normalized spacial score (nSPS) is 15.6. The van der Waals surface area contributed by atoms with Gasteiger partial charge in [0.2, 0.25) is 5.91 Å². The molecule has 0 spiro atoms. The van der Waals surface area contributed by atoms with E-state index < -0.39 is 0 Å². The van der Waals surface area contributed by atoms with E-state index in [4.69, 9.17) is 4.74 Å². The van der Waals surface area contributed by atoms with Crippen molar-refractivity contribution in [2.24, 2.45) is 0 Å². The van der Waals surface area contributed by atoms with Crippen LogP contribution in [-0.2, 0) is 17.8 Å². The number of nitrogens with zero attached hydrogens (tertiary/aromatic N) is 3. The lowest BCUT2D eigenvalue weighted by molar-refractivity contribution is -0.133. The van der Waals surface area contributed by atoms with Gasteiger partial charge in [0.15, 0.2) is 0 Å². The summed E-state index contributed by atoms with van der Waals surface area (Å²) in [5.41, 5.74) is 2.01. The van der Waals surface area contributed by atoms with Crippen molar-refractivity contribution in [3.63, 3.8) is 0 Å². The molecule has 3 rings (SSSR count). The Hall–Kier alpha value is -2.44. The quantitative estimate of drug-likeness (QED) is 0.667. The van der Waals surface area contributed by atoms with E-state index in [1.165, 1.54) is 12.1 Å². The fourth-order valence-corrected chi connectivity index (χ4v) is 3.80. The number of likely N-dealkylation sites (N-methyl/N-ethyl adjacent to an activating group) is 1. The second kappa shape index (κ2) is 11.1. The van der Waals surface area contributed by atoms with Crippen LogP contribution < -0.4 is 4.74 Å². The second-order valence-corrected chi connectivity index (χ2v) is 7.94. The Morgan fingerprint density at radius 2 is 1.83 bits per heavy atom. The molecule has 1 saturated heterocycles. The SMILES string of the molecule is COc1ccccc1CN(CCc1ccc(F)cc1)C(=O)CN1CCCN(C)CC1. The van der Waals surface area contributed by atoms with Crippen LogP contribution in [0.25, 0.3) is 0 Å². The number of methoxy groups -OCH3 is 1. The van der Waals surface area contributed by atoms with E-state index in [1.54, 1.807) is 19.2 Å². The van der Waals surface area contributed by atoms with Crippen LogP contribution in [-0.4, -0.2) is 74.0 Å². The lowest BCUT2D eigenvalue weighted by Crippen LogP contribution is -2.42. The predicted molar refractivity (Wildman–Crippen MR) is 117 cm³/mol. The third-order valence-electron chi connectivity index (χ3n) is 5.66. The lowest BCUT2D eigenvalue weighted by atomic mass is 10.1. The maximum Gasteiger partial charge on any atom is 0.237 e. The molecule has 1 heterocycles. The number of ether oxygens (including phenoxy) is 1. The van der Waals surface area contributed by atoms with E-state index in [9.17, 15) is 9.18 Å². The molecule has 162 valence electrons. The molecule has 1 amide bonds. The third kappa shape index (κ3) is 6.54. The van der Waals surface area contributed by atoms with E-state index in [2.05, 4.69) is 16.8 Å². The van der Waals surface area contributed by atoms with Crippen LogP contribution in [0.5, 0.6) is 5.75 Å². The van der Waals surface area contributed by atoms with Crippen molar-refractivity contribution in [1.82, 2.24) is 14.7 Å². The summed E-state index contributed by atoms with van der Waals surface area (Å²) in [5, 5.41) is 0. The van der Waals surface area contributed by atoms with Crippen molar-refractivity contribution in [3.05, 3.63) is 65.5 Å². The van der Waals surface area contributed by atoms with E-state index in [1.807, 2.05) is 29.2 Å². The van der Waals surface area contributed by atoms with Crippen LogP contribution >= 0.6 is 0 Å². The number of halogens is 1. The van der Waals surface area contributed by atoms with Gasteiger partial charge in [0.25, 0.3) is 0 Å². The zero-order valence-electron chi connectivity index (χ0n) is 18.0. The van der Waals surface area contributed by atoms with E-state index >= 15 is 0 Å². The molecule has 1 aliphatic heterocycles. The Kier molecular flexibility index (Phi) is 8.22.